The zero-order chi connectivity index (χ0) is 25.0. The van der Waals surface area contributed by atoms with Crippen LogP contribution in [0.1, 0.15) is 64.9 Å². The normalized spacial score (nSPS) is 23.3. The van der Waals surface area contributed by atoms with Crippen LogP contribution in [0.5, 0.6) is 0 Å². The first-order chi connectivity index (χ1) is 16.0. The average molecular weight is 493 g/mol. The Balaban J connectivity index is 1.70. The Labute approximate surface area is 206 Å². The number of rotatable bonds is 10. The summed E-state index contributed by atoms with van der Waals surface area (Å²) in [6.45, 7) is 8.44. The molecule has 1 aromatic rings. The molecule has 2 atom stereocenters. The molecule has 0 bridgehead atoms. The number of carboxylic acids is 1. The van der Waals surface area contributed by atoms with Gasteiger partial charge in [-0.1, -0.05) is 38.4 Å². The summed E-state index contributed by atoms with van der Waals surface area (Å²) >= 11 is 6.25. The zero-order valence-electron chi connectivity index (χ0n) is 20.5. The van der Waals surface area contributed by atoms with Crippen LogP contribution in [0.3, 0.4) is 0 Å². The van der Waals surface area contributed by atoms with Gasteiger partial charge in [-0.3, -0.25) is 9.59 Å². The summed E-state index contributed by atoms with van der Waals surface area (Å²) in [5, 5.41) is 22.7. The number of aryl methyl sites for hydroxylation is 1. The van der Waals surface area contributed by atoms with E-state index in [0.29, 0.717) is 16.6 Å². The highest BCUT2D eigenvalue weighted by atomic mass is 35.5. The molecule has 4 N–H and O–H groups in total. The number of hydrogen-bond donors (Lipinski definition) is 4. The molecule has 8 heteroatoms. The van der Waals surface area contributed by atoms with Crippen molar-refractivity contribution in [2.45, 2.75) is 72.3 Å². The maximum Gasteiger partial charge on any atom is 0.303 e. The van der Waals surface area contributed by atoms with Gasteiger partial charge in [-0.25, -0.2) is 0 Å². The van der Waals surface area contributed by atoms with E-state index >= 15 is 0 Å². The third kappa shape index (κ3) is 6.96. The molecular weight excluding hydrogens is 456 g/mol. The van der Waals surface area contributed by atoms with Gasteiger partial charge in [0.15, 0.2) is 0 Å². The minimum Gasteiger partial charge on any atom is -0.481 e. The molecule has 34 heavy (non-hydrogen) atoms. The van der Waals surface area contributed by atoms with Crippen LogP contribution in [0.15, 0.2) is 29.5 Å². The molecule has 2 aliphatic rings. The first-order valence-electron chi connectivity index (χ1n) is 12.0. The molecule has 0 radical (unpaired) electrons. The highest BCUT2D eigenvalue weighted by Crippen LogP contribution is 2.47. The van der Waals surface area contributed by atoms with Gasteiger partial charge < -0.3 is 20.4 Å². The van der Waals surface area contributed by atoms with Crippen LogP contribution in [0.2, 0.25) is 5.02 Å². The fourth-order valence-electron chi connectivity index (χ4n) is 5.16. The number of halogens is 1. The van der Waals surface area contributed by atoms with Gasteiger partial charge in [-0.2, -0.15) is 0 Å². The van der Waals surface area contributed by atoms with Gasteiger partial charge in [-0.15, -0.1) is 5.48 Å². The first-order valence-corrected chi connectivity index (χ1v) is 12.4. The number of hydroxylamine groups is 1. The fraction of sp³-hybridized carbons (Fsp3) is 0.615. The number of benzene rings is 1. The van der Waals surface area contributed by atoms with Crippen molar-refractivity contribution in [2.75, 3.05) is 11.9 Å². The lowest BCUT2D eigenvalue weighted by Gasteiger charge is -2.39. The number of aliphatic hydroxyl groups is 1. The molecule has 188 valence electrons. The van der Waals surface area contributed by atoms with E-state index in [-0.39, 0.29) is 49.0 Å². The maximum atomic E-state index is 12.9. The average Bonchev–Trinajstić information content (AvgIpc) is 3.12. The van der Waals surface area contributed by atoms with E-state index in [9.17, 15) is 19.8 Å². The Bertz CT molecular complexity index is 934. The summed E-state index contributed by atoms with van der Waals surface area (Å²) in [6, 6.07) is 4.97. The molecular formula is C26H37ClN2O5. The standard InChI is InChI=1S/C26H37ClN2O5/c1-15-5-7-21(20(27)9-15)28-22(31)12-17(6-8-23(32)33)24-19(14-30)25(34-29-24)18-10-16(11-18)13-26(2,3)4/h5,7,9,16-18,24,29-30H,6,8,10-14H2,1-4H3,(H,28,31)(H,32,33). The first kappa shape index (κ1) is 26.5. The van der Waals surface area contributed by atoms with Gasteiger partial charge in [-0.05, 0) is 67.6 Å². The van der Waals surface area contributed by atoms with E-state index in [1.165, 1.54) is 0 Å². The largest absolute Gasteiger partial charge is 0.481 e. The summed E-state index contributed by atoms with van der Waals surface area (Å²) < 4.78 is 0. The molecule has 1 aliphatic heterocycles. The van der Waals surface area contributed by atoms with Crippen LogP contribution < -0.4 is 10.8 Å². The number of carboxylic acid groups (broad SMARTS) is 1. The van der Waals surface area contributed by atoms with Crippen molar-refractivity contribution in [3.05, 3.63) is 40.1 Å². The predicted octanol–water partition coefficient (Wildman–Crippen LogP) is 5.07. The van der Waals surface area contributed by atoms with Gasteiger partial charge in [0.1, 0.15) is 5.76 Å². The van der Waals surface area contributed by atoms with Gasteiger partial charge >= 0.3 is 5.97 Å². The van der Waals surface area contributed by atoms with Gasteiger partial charge in [0.2, 0.25) is 5.91 Å². The monoisotopic (exact) mass is 492 g/mol. The molecule has 1 aromatic carbocycles. The van der Waals surface area contributed by atoms with Crippen molar-refractivity contribution in [3.8, 4) is 0 Å². The quantitative estimate of drug-likeness (QED) is 0.363. The number of aliphatic carboxylic acids is 1. The fourth-order valence-corrected chi connectivity index (χ4v) is 5.44. The van der Waals surface area contributed by atoms with E-state index in [0.717, 1.165) is 36.2 Å². The number of aliphatic hydroxyl groups excluding tert-OH is 1. The van der Waals surface area contributed by atoms with Crippen LogP contribution in [-0.4, -0.2) is 34.7 Å². The number of carbonyl (C=O) groups excluding carboxylic acids is 1. The van der Waals surface area contributed by atoms with E-state index in [1.54, 1.807) is 12.1 Å². The SMILES string of the molecule is Cc1ccc(NC(=O)CC(CCC(=O)O)C2NOC(C3CC(CC(C)(C)C)C3)=C2CO)c(Cl)c1. The molecule has 0 spiro atoms. The highest BCUT2D eigenvalue weighted by molar-refractivity contribution is 6.33. The third-order valence-electron chi connectivity index (χ3n) is 6.71. The van der Waals surface area contributed by atoms with Gasteiger partial charge in [0.05, 0.1) is 23.4 Å². The Kier molecular flexibility index (Phi) is 8.66. The Morgan fingerprint density at radius 3 is 2.59 bits per heavy atom. The molecule has 3 rings (SSSR count). The Hall–Kier alpha value is -2.09. The zero-order valence-corrected chi connectivity index (χ0v) is 21.2. The lowest BCUT2D eigenvalue weighted by atomic mass is 9.67. The van der Waals surface area contributed by atoms with Crippen molar-refractivity contribution < 1.29 is 24.6 Å². The third-order valence-corrected chi connectivity index (χ3v) is 7.03. The summed E-state index contributed by atoms with van der Waals surface area (Å²) in [6.07, 6.45) is 3.44. The van der Waals surface area contributed by atoms with E-state index in [4.69, 9.17) is 16.4 Å². The lowest BCUT2D eigenvalue weighted by molar-refractivity contribution is -0.137. The summed E-state index contributed by atoms with van der Waals surface area (Å²) in [5.74, 6) is 0.0953. The number of allylic oxidation sites excluding steroid dienone is 1. The number of nitrogens with one attached hydrogen (secondary N) is 2. The van der Waals surface area contributed by atoms with Crippen molar-refractivity contribution in [3.63, 3.8) is 0 Å². The molecule has 2 unspecified atom stereocenters. The number of hydrogen-bond acceptors (Lipinski definition) is 5. The van der Waals surface area contributed by atoms with Crippen LogP contribution in [-0.2, 0) is 14.4 Å². The number of carbonyl (C=O) groups is 2. The van der Waals surface area contributed by atoms with E-state index in [1.807, 2.05) is 13.0 Å². The van der Waals surface area contributed by atoms with Crippen LogP contribution >= 0.6 is 11.6 Å². The molecule has 7 nitrogen and oxygen atoms in total. The summed E-state index contributed by atoms with van der Waals surface area (Å²) in [5.41, 5.74) is 5.51. The summed E-state index contributed by atoms with van der Waals surface area (Å²) in [7, 11) is 0. The van der Waals surface area contributed by atoms with Crippen molar-refractivity contribution in [1.82, 2.24) is 5.48 Å². The second kappa shape index (κ2) is 11.1. The van der Waals surface area contributed by atoms with Gasteiger partial charge in [0, 0.05) is 24.3 Å². The lowest BCUT2D eigenvalue weighted by Crippen LogP contribution is -2.36. The molecule has 1 heterocycles. The Morgan fingerprint density at radius 1 is 1.29 bits per heavy atom. The molecule has 1 amide bonds. The molecule has 1 aliphatic carbocycles. The predicted molar refractivity (Wildman–Crippen MR) is 132 cm³/mol. The number of anilines is 1. The minimum atomic E-state index is -0.926. The second-order valence-corrected chi connectivity index (χ2v) is 11.4. The second-order valence-electron chi connectivity index (χ2n) is 11.0. The van der Waals surface area contributed by atoms with Gasteiger partial charge in [0.25, 0.3) is 0 Å². The maximum absolute atomic E-state index is 12.9. The summed E-state index contributed by atoms with van der Waals surface area (Å²) in [4.78, 5) is 30.0. The van der Waals surface area contributed by atoms with E-state index < -0.39 is 12.0 Å². The van der Waals surface area contributed by atoms with Crippen molar-refractivity contribution in [2.24, 2.45) is 23.2 Å². The molecule has 0 saturated heterocycles. The minimum absolute atomic E-state index is 0.0760. The van der Waals surface area contributed by atoms with Crippen LogP contribution in [0, 0.1) is 30.1 Å². The highest BCUT2D eigenvalue weighted by Gasteiger charge is 2.42. The molecule has 0 aromatic heterocycles. The van der Waals surface area contributed by atoms with Crippen LogP contribution in [0.4, 0.5) is 5.69 Å². The topological polar surface area (TPSA) is 108 Å². The van der Waals surface area contributed by atoms with E-state index in [2.05, 4.69) is 31.6 Å². The smallest absolute Gasteiger partial charge is 0.303 e. The van der Waals surface area contributed by atoms with Crippen LogP contribution in [0.25, 0.3) is 0 Å². The van der Waals surface area contributed by atoms with Crippen molar-refractivity contribution >= 4 is 29.2 Å². The molecule has 1 fully saturated rings. The number of amides is 1. The van der Waals surface area contributed by atoms with Crippen molar-refractivity contribution in [1.29, 1.82) is 0 Å². The molecule has 1 saturated carbocycles. The Morgan fingerprint density at radius 2 is 2.00 bits per heavy atom.